The maximum absolute atomic E-state index is 13.6. The van der Waals surface area contributed by atoms with E-state index in [1.165, 1.54) is 36.8 Å². The number of carbonyl (C=O) groups is 1. The van der Waals surface area contributed by atoms with Crippen molar-refractivity contribution in [2.45, 2.75) is 6.92 Å². The van der Waals surface area contributed by atoms with Crippen LogP contribution in [0.15, 0.2) is 28.7 Å². The van der Waals surface area contributed by atoms with Crippen LogP contribution in [0.2, 0.25) is 5.02 Å². The molecule has 0 saturated heterocycles. The largest absolute Gasteiger partial charge is 0.465 e. The molecule has 0 aliphatic carbocycles. The molecule has 21 heavy (non-hydrogen) atoms. The number of hydrogen-bond acceptors (Lipinski definition) is 5. The van der Waals surface area contributed by atoms with E-state index in [4.69, 9.17) is 16.3 Å². The molecule has 0 radical (unpaired) electrons. The van der Waals surface area contributed by atoms with E-state index in [0.717, 1.165) is 5.56 Å². The average molecular weight is 327 g/mol. The Balaban J connectivity index is 2.22. The van der Waals surface area contributed by atoms with Crippen LogP contribution in [0.4, 0.5) is 10.1 Å². The standard InChI is InChI=1S/C14H12ClFN2O2S/c1-8-7-21-13(14(19)20-2)12(8)18-17-6-9-10(15)4-3-5-11(9)16/h3-7,18H,1-2H3/b17-6+. The molecule has 0 saturated carbocycles. The van der Waals surface area contributed by atoms with Gasteiger partial charge in [0.05, 0.1) is 24.0 Å². The SMILES string of the molecule is COC(=O)c1scc(C)c1N/N=C/c1c(F)cccc1Cl. The zero-order valence-corrected chi connectivity index (χ0v) is 12.9. The fourth-order valence-electron chi connectivity index (χ4n) is 1.62. The van der Waals surface area contributed by atoms with Gasteiger partial charge >= 0.3 is 5.97 Å². The fourth-order valence-corrected chi connectivity index (χ4v) is 2.75. The predicted octanol–water partition coefficient (Wildman–Crippen LogP) is 4.08. The Bertz CT molecular complexity index is 680. The third-order valence-electron chi connectivity index (χ3n) is 2.72. The number of methoxy groups -OCH3 is 1. The van der Waals surface area contributed by atoms with Gasteiger partial charge in [-0.2, -0.15) is 5.10 Å². The van der Waals surface area contributed by atoms with Gasteiger partial charge in [0.2, 0.25) is 0 Å². The van der Waals surface area contributed by atoms with Gasteiger partial charge in [0.15, 0.2) is 0 Å². The van der Waals surface area contributed by atoms with Crippen molar-refractivity contribution in [3.05, 3.63) is 50.4 Å². The molecule has 2 aromatic rings. The normalized spacial score (nSPS) is 10.9. The van der Waals surface area contributed by atoms with E-state index >= 15 is 0 Å². The molecule has 0 unspecified atom stereocenters. The number of nitrogens with one attached hydrogen (secondary N) is 1. The number of hydrogen-bond donors (Lipinski definition) is 1. The molecule has 4 nitrogen and oxygen atoms in total. The molecule has 0 fully saturated rings. The Morgan fingerprint density at radius 2 is 2.29 bits per heavy atom. The van der Waals surface area contributed by atoms with Crippen molar-refractivity contribution in [1.82, 2.24) is 0 Å². The average Bonchev–Trinajstić information content (AvgIpc) is 2.82. The number of ether oxygens (including phenoxy) is 1. The molecular formula is C14H12ClFN2O2S. The predicted molar refractivity (Wildman–Crippen MR) is 83.0 cm³/mol. The molecule has 2 rings (SSSR count). The van der Waals surface area contributed by atoms with Gasteiger partial charge in [-0.1, -0.05) is 17.7 Å². The lowest BCUT2D eigenvalue weighted by atomic mass is 10.2. The van der Waals surface area contributed by atoms with Gasteiger partial charge in [-0.25, -0.2) is 9.18 Å². The fraction of sp³-hybridized carbons (Fsp3) is 0.143. The molecule has 0 amide bonds. The van der Waals surface area contributed by atoms with Crippen LogP contribution in [-0.2, 0) is 4.74 Å². The minimum Gasteiger partial charge on any atom is -0.465 e. The number of halogens is 2. The summed E-state index contributed by atoms with van der Waals surface area (Å²) in [7, 11) is 1.31. The number of thiophene rings is 1. The number of esters is 1. The number of anilines is 1. The summed E-state index contributed by atoms with van der Waals surface area (Å²) in [6.07, 6.45) is 1.27. The quantitative estimate of drug-likeness (QED) is 0.523. The first-order valence-electron chi connectivity index (χ1n) is 5.94. The van der Waals surface area contributed by atoms with Crippen LogP contribution in [-0.4, -0.2) is 19.3 Å². The molecule has 1 aromatic heterocycles. The van der Waals surface area contributed by atoms with Crippen molar-refractivity contribution in [3.8, 4) is 0 Å². The van der Waals surface area contributed by atoms with Crippen LogP contribution in [0.1, 0.15) is 20.8 Å². The zero-order chi connectivity index (χ0) is 15.4. The lowest BCUT2D eigenvalue weighted by Gasteiger charge is -2.04. The van der Waals surface area contributed by atoms with Crippen LogP contribution < -0.4 is 5.43 Å². The van der Waals surface area contributed by atoms with Crippen molar-refractivity contribution in [2.75, 3.05) is 12.5 Å². The van der Waals surface area contributed by atoms with Crippen LogP contribution in [0.5, 0.6) is 0 Å². The van der Waals surface area contributed by atoms with Crippen molar-refractivity contribution in [3.63, 3.8) is 0 Å². The highest BCUT2D eigenvalue weighted by Gasteiger charge is 2.16. The minimum absolute atomic E-state index is 0.180. The smallest absolute Gasteiger partial charge is 0.350 e. The van der Waals surface area contributed by atoms with Gasteiger partial charge in [0.25, 0.3) is 0 Å². The first-order chi connectivity index (χ1) is 10.0. The first kappa shape index (κ1) is 15.5. The number of hydrazone groups is 1. The molecule has 110 valence electrons. The topological polar surface area (TPSA) is 50.7 Å². The van der Waals surface area contributed by atoms with Crippen LogP contribution in [0, 0.1) is 12.7 Å². The van der Waals surface area contributed by atoms with E-state index in [0.29, 0.717) is 10.6 Å². The van der Waals surface area contributed by atoms with E-state index in [1.807, 2.05) is 6.92 Å². The van der Waals surface area contributed by atoms with E-state index < -0.39 is 11.8 Å². The molecule has 1 heterocycles. The Hall–Kier alpha value is -1.92. The molecule has 0 aliphatic heterocycles. The lowest BCUT2D eigenvalue weighted by Crippen LogP contribution is -2.03. The number of benzene rings is 1. The molecule has 0 spiro atoms. The van der Waals surface area contributed by atoms with Crippen molar-refractivity contribution >= 4 is 40.8 Å². The maximum atomic E-state index is 13.6. The highest BCUT2D eigenvalue weighted by molar-refractivity contribution is 7.12. The third-order valence-corrected chi connectivity index (χ3v) is 4.12. The van der Waals surface area contributed by atoms with Crippen molar-refractivity contribution < 1.29 is 13.9 Å². The van der Waals surface area contributed by atoms with Gasteiger partial charge in [0.1, 0.15) is 10.7 Å². The summed E-state index contributed by atoms with van der Waals surface area (Å²) in [5, 5.41) is 6.01. The summed E-state index contributed by atoms with van der Waals surface area (Å²) in [5.74, 6) is -0.919. The van der Waals surface area contributed by atoms with E-state index in [1.54, 1.807) is 11.4 Å². The molecule has 0 atom stereocenters. The second kappa shape index (κ2) is 6.69. The molecule has 0 bridgehead atoms. The maximum Gasteiger partial charge on any atom is 0.350 e. The third kappa shape index (κ3) is 3.40. The Morgan fingerprint density at radius 1 is 1.52 bits per heavy atom. The van der Waals surface area contributed by atoms with Crippen molar-refractivity contribution in [1.29, 1.82) is 0 Å². The van der Waals surface area contributed by atoms with Gasteiger partial charge in [0, 0.05) is 5.56 Å². The number of aryl methyl sites for hydroxylation is 1. The van der Waals surface area contributed by atoms with E-state index in [-0.39, 0.29) is 10.6 Å². The van der Waals surface area contributed by atoms with Crippen LogP contribution >= 0.6 is 22.9 Å². The van der Waals surface area contributed by atoms with Crippen LogP contribution in [0.25, 0.3) is 0 Å². The van der Waals surface area contributed by atoms with Crippen LogP contribution in [0.3, 0.4) is 0 Å². The van der Waals surface area contributed by atoms with Crippen molar-refractivity contribution in [2.24, 2.45) is 5.10 Å². The Labute approximate surface area is 130 Å². The summed E-state index contributed by atoms with van der Waals surface area (Å²) < 4.78 is 18.3. The molecular weight excluding hydrogens is 315 g/mol. The summed E-state index contributed by atoms with van der Waals surface area (Å²) in [6.45, 7) is 1.83. The number of nitrogens with zero attached hydrogens (tertiary/aromatic N) is 1. The van der Waals surface area contributed by atoms with Gasteiger partial charge < -0.3 is 4.74 Å². The van der Waals surface area contributed by atoms with E-state index in [2.05, 4.69) is 10.5 Å². The minimum atomic E-state index is -0.469. The second-order valence-corrected chi connectivity index (χ2v) is 5.41. The molecule has 1 aromatic carbocycles. The number of rotatable bonds is 4. The Morgan fingerprint density at radius 3 is 2.95 bits per heavy atom. The van der Waals surface area contributed by atoms with Gasteiger partial charge in [-0.05, 0) is 30.0 Å². The number of carbonyl (C=O) groups excluding carboxylic acids is 1. The molecule has 0 aliphatic rings. The first-order valence-corrected chi connectivity index (χ1v) is 7.20. The Kier molecular flexibility index (Phi) is 4.93. The summed E-state index contributed by atoms with van der Waals surface area (Å²) >= 11 is 7.14. The lowest BCUT2D eigenvalue weighted by molar-refractivity contribution is 0.0607. The van der Waals surface area contributed by atoms with Gasteiger partial charge in [-0.15, -0.1) is 11.3 Å². The summed E-state index contributed by atoms with van der Waals surface area (Å²) in [6, 6.07) is 4.38. The summed E-state index contributed by atoms with van der Waals surface area (Å²) in [5.41, 5.74) is 4.30. The molecule has 7 heteroatoms. The monoisotopic (exact) mass is 326 g/mol. The highest BCUT2D eigenvalue weighted by atomic mass is 35.5. The summed E-state index contributed by atoms with van der Waals surface area (Å²) in [4.78, 5) is 12.0. The van der Waals surface area contributed by atoms with Gasteiger partial charge in [-0.3, -0.25) is 5.43 Å². The highest BCUT2D eigenvalue weighted by Crippen LogP contribution is 2.28. The van der Waals surface area contributed by atoms with E-state index in [9.17, 15) is 9.18 Å². The zero-order valence-electron chi connectivity index (χ0n) is 11.3. The second-order valence-electron chi connectivity index (χ2n) is 4.12. The molecule has 1 N–H and O–H groups in total.